The van der Waals surface area contributed by atoms with E-state index in [0.29, 0.717) is 11.0 Å². The lowest BCUT2D eigenvalue weighted by Gasteiger charge is -1.97. The minimum absolute atomic E-state index is 0.447. The molecule has 0 aliphatic rings. The van der Waals surface area contributed by atoms with E-state index in [9.17, 15) is 0 Å². The molecule has 0 amide bonds. The van der Waals surface area contributed by atoms with Gasteiger partial charge in [0.15, 0.2) is 0 Å². The maximum absolute atomic E-state index is 5.60. The van der Waals surface area contributed by atoms with Gasteiger partial charge in [0.25, 0.3) is 0 Å². The third-order valence-electron chi connectivity index (χ3n) is 1.05. The number of alkyl halides is 1. The topological polar surface area (TPSA) is 12.9 Å². The van der Waals surface area contributed by atoms with E-state index in [0.717, 1.165) is 10.0 Å². The van der Waals surface area contributed by atoms with Crippen molar-refractivity contribution in [3.8, 4) is 0 Å². The van der Waals surface area contributed by atoms with Crippen molar-refractivity contribution >= 4 is 39.1 Å². The highest BCUT2D eigenvalue weighted by Crippen LogP contribution is 2.19. The van der Waals surface area contributed by atoms with Gasteiger partial charge in [0.1, 0.15) is 5.15 Å². The molecule has 0 aliphatic carbocycles. The van der Waals surface area contributed by atoms with Crippen LogP contribution < -0.4 is 0 Å². The first-order valence-electron chi connectivity index (χ1n) is 2.60. The molecule has 0 bridgehead atoms. The minimum atomic E-state index is 0.447. The number of pyridine rings is 1. The fourth-order valence-electron chi connectivity index (χ4n) is 0.554. The van der Waals surface area contributed by atoms with Crippen molar-refractivity contribution < 1.29 is 0 Å². The molecule has 54 valence electrons. The Morgan fingerprint density at radius 3 is 2.80 bits per heavy atom. The maximum Gasteiger partial charge on any atom is 0.129 e. The van der Waals surface area contributed by atoms with Crippen LogP contribution in [0.3, 0.4) is 0 Å². The number of aromatic nitrogens is 1. The predicted octanol–water partition coefficient (Wildman–Crippen LogP) is 3.24. The molecule has 0 spiro atoms. The van der Waals surface area contributed by atoms with Gasteiger partial charge in [-0.1, -0.05) is 11.6 Å². The van der Waals surface area contributed by atoms with Crippen molar-refractivity contribution in [2.75, 3.05) is 0 Å². The second-order valence-electron chi connectivity index (χ2n) is 1.73. The average molecular weight is 241 g/mol. The van der Waals surface area contributed by atoms with Gasteiger partial charge in [0.2, 0.25) is 0 Å². The van der Waals surface area contributed by atoms with Crippen LogP contribution in [-0.4, -0.2) is 4.98 Å². The first kappa shape index (κ1) is 8.31. The molecule has 10 heavy (non-hydrogen) atoms. The van der Waals surface area contributed by atoms with Crippen molar-refractivity contribution in [1.29, 1.82) is 0 Å². The van der Waals surface area contributed by atoms with Crippen LogP contribution in [-0.2, 0) is 5.88 Å². The van der Waals surface area contributed by atoms with Crippen LogP contribution in [0.25, 0.3) is 0 Å². The molecular weight excluding hydrogens is 237 g/mol. The minimum Gasteiger partial charge on any atom is -0.243 e. The van der Waals surface area contributed by atoms with E-state index in [4.69, 9.17) is 23.2 Å². The zero-order valence-corrected chi connectivity index (χ0v) is 8.04. The Hall–Kier alpha value is 0.210. The molecule has 1 nitrogen and oxygen atoms in total. The zero-order chi connectivity index (χ0) is 7.56. The van der Waals surface area contributed by atoms with Crippen LogP contribution in [0.5, 0.6) is 0 Å². The lowest BCUT2D eigenvalue weighted by atomic mass is 10.3. The molecule has 1 aromatic rings. The highest BCUT2D eigenvalue weighted by atomic mass is 79.9. The summed E-state index contributed by atoms with van der Waals surface area (Å²) < 4.78 is 0.895. The summed E-state index contributed by atoms with van der Waals surface area (Å²) in [6, 6.07) is 1.73. The summed E-state index contributed by atoms with van der Waals surface area (Å²) in [5.74, 6) is 0.447. The van der Waals surface area contributed by atoms with E-state index in [1.807, 2.05) is 0 Å². The van der Waals surface area contributed by atoms with Gasteiger partial charge in [-0.25, -0.2) is 4.98 Å². The highest BCUT2D eigenvalue weighted by Gasteiger charge is 1.98. The van der Waals surface area contributed by atoms with Crippen molar-refractivity contribution in [3.05, 3.63) is 27.5 Å². The summed E-state index contributed by atoms with van der Waals surface area (Å²) in [5, 5.41) is 0.471. The summed E-state index contributed by atoms with van der Waals surface area (Å²) >= 11 is 14.5. The fourth-order valence-corrected chi connectivity index (χ4v) is 1.47. The van der Waals surface area contributed by atoms with E-state index in [2.05, 4.69) is 20.9 Å². The summed E-state index contributed by atoms with van der Waals surface area (Å²) in [7, 11) is 0. The van der Waals surface area contributed by atoms with Crippen molar-refractivity contribution in [2.45, 2.75) is 5.88 Å². The molecule has 4 heteroatoms. The fraction of sp³-hybridized carbons (Fsp3) is 0.167. The van der Waals surface area contributed by atoms with Crippen LogP contribution in [0.4, 0.5) is 0 Å². The number of hydrogen-bond acceptors (Lipinski definition) is 1. The Kier molecular flexibility index (Phi) is 2.96. The van der Waals surface area contributed by atoms with Gasteiger partial charge in [-0.15, -0.1) is 11.6 Å². The van der Waals surface area contributed by atoms with Crippen LogP contribution in [0.15, 0.2) is 16.7 Å². The summed E-state index contributed by atoms with van der Waals surface area (Å²) in [6.07, 6.45) is 1.64. The lowest BCUT2D eigenvalue weighted by molar-refractivity contribution is 1.24. The molecule has 0 saturated heterocycles. The molecule has 0 aliphatic heterocycles. The maximum atomic E-state index is 5.60. The molecule has 0 N–H and O–H groups in total. The molecular formula is C6H4BrCl2N. The standard InChI is InChI=1S/C6H4BrCl2N/c7-5-3-10-6(9)1-4(5)2-8/h1,3H,2H2. The Bertz CT molecular complexity index is 239. The largest absolute Gasteiger partial charge is 0.243 e. The monoisotopic (exact) mass is 239 g/mol. The van der Waals surface area contributed by atoms with Crippen molar-refractivity contribution in [1.82, 2.24) is 4.98 Å². The Morgan fingerprint density at radius 2 is 2.30 bits per heavy atom. The second-order valence-corrected chi connectivity index (χ2v) is 3.24. The van der Waals surface area contributed by atoms with Gasteiger partial charge >= 0.3 is 0 Å². The van der Waals surface area contributed by atoms with Crippen LogP contribution in [0.2, 0.25) is 5.15 Å². The molecule has 1 rings (SSSR count). The molecule has 0 radical (unpaired) electrons. The van der Waals surface area contributed by atoms with Crippen LogP contribution in [0, 0.1) is 0 Å². The van der Waals surface area contributed by atoms with Gasteiger partial charge < -0.3 is 0 Å². The Morgan fingerprint density at radius 1 is 1.60 bits per heavy atom. The molecule has 1 aromatic heterocycles. The van der Waals surface area contributed by atoms with Gasteiger partial charge in [0.05, 0.1) is 0 Å². The first-order chi connectivity index (χ1) is 4.74. The molecule has 0 unspecified atom stereocenters. The third kappa shape index (κ3) is 1.84. The van der Waals surface area contributed by atoms with Gasteiger partial charge in [0, 0.05) is 16.5 Å². The normalized spacial score (nSPS) is 9.90. The zero-order valence-electron chi connectivity index (χ0n) is 4.94. The van der Waals surface area contributed by atoms with Crippen molar-refractivity contribution in [3.63, 3.8) is 0 Å². The van der Waals surface area contributed by atoms with E-state index < -0.39 is 0 Å². The molecule has 1 heterocycles. The molecule has 0 saturated carbocycles. The Balaban J connectivity index is 3.09. The number of hydrogen-bond donors (Lipinski definition) is 0. The lowest BCUT2D eigenvalue weighted by Crippen LogP contribution is -1.82. The van der Waals surface area contributed by atoms with Crippen LogP contribution >= 0.6 is 39.1 Å². The third-order valence-corrected chi connectivity index (χ3v) is 2.25. The molecule has 0 fully saturated rings. The molecule has 0 aromatic carbocycles. The van der Waals surface area contributed by atoms with Gasteiger partial charge in [-0.05, 0) is 27.6 Å². The van der Waals surface area contributed by atoms with E-state index in [1.165, 1.54) is 0 Å². The van der Waals surface area contributed by atoms with Gasteiger partial charge in [-0.3, -0.25) is 0 Å². The van der Waals surface area contributed by atoms with E-state index in [1.54, 1.807) is 12.3 Å². The average Bonchev–Trinajstić information content (AvgIpc) is 1.94. The number of halogens is 3. The Labute approximate surface area is 77.5 Å². The number of nitrogens with zero attached hydrogens (tertiary/aromatic N) is 1. The van der Waals surface area contributed by atoms with Crippen LogP contribution in [0.1, 0.15) is 5.56 Å². The van der Waals surface area contributed by atoms with E-state index in [-0.39, 0.29) is 0 Å². The quantitative estimate of drug-likeness (QED) is 0.543. The summed E-state index contributed by atoms with van der Waals surface area (Å²) in [4.78, 5) is 3.85. The summed E-state index contributed by atoms with van der Waals surface area (Å²) in [5.41, 5.74) is 0.960. The predicted molar refractivity (Wildman–Crippen MR) is 46.5 cm³/mol. The highest BCUT2D eigenvalue weighted by molar-refractivity contribution is 9.10. The van der Waals surface area contributed by atoms with Gasteiger partial charge in [-0.2, -0.15) is 0 Å². The SMILES string of the molecule is ClCc1cc(Cl)ncc1Br. The smallest absolute Gasteiger partial charge is 0.129 e. The van der Waals surface area contributed by atoms with Crippen molar-refractivity contribution in [2.24, 2.45) is 0 Å². The molecule has 0 atom stereocenters. The first-order valence-corrected chi connectivity index (χ1v) is 4.30. The second kappa shape index (κ2) is 3.56. The van der Waals surface area contributed by atoms with E-state index >= 15 is 0 Å². The number of rotatable bonds is 1. The summed E-state index contributed by atoms with van der Waals surface area (Å²) in [6.45, 7) is 0.